The Labute approximate surface area is 234 Å². The minimum Gasteiger partial charge on any atom is -0.363 e. The molecule has 0 bridgehead atoms. The van der Waals surface area contributed by atoms with Crippen LogP contribution in [0, 0.1) is 0 Å². The Morgan fingerprint density at radius 1 is 1.12 bits per heavy atom. The third-order valence-electron chi connectivity index (χ3n) is 6.41. The largest absolute Gasteiger partial charge is 0.363 e. The van der Waals surface area contributed by atoms with Crippen LogP contribution < -0.4 is 11.1 Å². The van der Waals surface area contributed by atoms with Gasteiger partial charge in [-0.1, -0.05) is 12.1 Å². The van der Waals surface area contributed by atoms with Gasteiger partial charge in [0.1, 0.15) is 34.9 Å². The van der Waals surface area contributed by atoms with Gasteiger partial charge in [0.25, 0.3) is 5.91 Å². The van der Waals surface area contributed by atoms with E-state index in [4.69, 9.17) is 5.73 Å². The van der Waals surface area contributed by atoms with E-state index in [2.05, 4.69) is 41.3 Å². The predicted octanol–water partition coefficient (Wildman–Crippen LogP) is 2.53. The number of hydrogen-bond donors (Lipinski definition) is 2. The van der Waals surface area contributed by atoms with Crippen molar-refractivity contribution in [1.29, 1.82) is 0 Å². The molecule has 3 amide bonds. The monoisotopic (exact) mass is 608 g/mol. The zero-order chi connectivity index (χ0) is 28.6. The molecule has 204 valence electrons. The van der Waals surface area contributed by atoms with Crippen LogP contribution in [0.3, 0.4) is 0 Å². The quantitative estimate of drug-likeness (QED) is 0.238. The zero-order valence-corrected chi connectivity index (χ0v) is 22.6. The summed E-state index contributed by atoms with van der Waals surface area (Å²) in [7, 11) is 0. The average molecular weight is 609 g/mol. The molecule has 2 atom stereocenters. The third kappa shape index (κ3) is 5.43. The number of pyridine rings is 1. The molecule has 1 aliphatic rings. The molecule has 0 unspecified atom stereocenters. The molecule has 1 aromatic carbocycles. The second kappa shape index (κ2) is 10.9. The molecule has 0 spiro atoms. The number of anilines is 1. The summed E-state index contributed by atoms with van der Waals surface area (Å²) in [6.45, 7) is 0.800. The number of rotatable bonds is 7. The summed E-state index contributed by atoms with van der Waals surface area (Å²) in [6.07, 6.45) is 1.35. The van der Waals surface area contributed by atoms with E-state index in [0.29, 0.717) is 26.6 Å². The molecule has 14 heteroatoms. The number of fused-ring (bicyclic) bond motifs is 1. The van der Waals surface area contributed by atoms with Gasteiger partial charge >= 0.3 is 0 Å². The first kappa shape index (κ1) is 27.0. The van der Waals surface area contributed by atoms with E-state index < -0.39 is 29.9 Å². The van der Waals surface area contributed by atoms with Crippen molar-refractivity contribution in [2.24, 2.45) is 5.73 Å². The summed E-state index contributed by atoms with van der Waals surface area (Å²) >= 11 is 3.23. The van der Waals surface area contributed by atoms with E-state index in [9.17, 15) is 23.6 Å². The fourth-order valence-electron chi connectivity index (χ4n) is 4.56. The number of benzene rings is 1. The Kier molecular flexibility index (Phi) is 7.34. The second-order valence-electron chi connectivity index (χ2n) is 9.18. The van der Waals surface area contributed by atoms with Gasteiger partial charge < -0.3 is 16.0 Å². The Morgan fingerprint density at radius 2 is 1.88 bits per heavy atom. The maximum atomic E-state index is 14.4. The van der Waals surface area contributed by atoms with E-state index in [1.54, 1.807) is 36.4 Å². The van der Waals surface area contributed by atoms with Gasteiger partial charge in [0, 0.05) is 36.7 Å². The number of nitrogens with zero attached hydrogens (tertiary/aromatic N) is 6. The number of primary amides is 1. The number of Topliss-reactive ketones (excluding diaryl/α,β-unsaturated/α-hetero) is 1. The number of nitrogens with two attached hydrogens (primary N) is 1. The highest BCUT2D eigenvalue weighted by molar-refractivity contribution is 9.10. The van der Waals surface area contributed by atoms with Crippen LogP contribution in [0.1, 0.15) is 34.5 Å². The molecule has 0 radical (unpaired) electrons. The van der Waals surface area contributed by atoms with Gasteiger partial charge in [-0.25, -0.2) is 19.3 Å². The smallest absolute Gasteiger partial charge is 0.286 e. The van der Waals surface area contributed by atoms with E-state index in [0.717, 1.165) is 0 Å². The number of aromatic nitrogens is 5. The molecule has 1 aliphatic heterocycles. The Balaban J connectivity index is 1.40. The summed E-state index contributed by atoms with van der Waals surface area (Å²) < 4.78 is 16.3. The predicted molar refractivity (Wildman–Crippen MR) is 145 cm³/mol. The minimum atomic E-state index is -1.37. The van der Waals surface area contributed by atoms with Crippen molar-refractivity contribution in [3.63, 3.8) is 0 Å². The first-order valence-corrected chi connectivity index (χ1v) is 12.9. The van der Waals surface area contributed by atoms with E-state index >= 15 is 0 Å². The van der Waals surface area contributed by atoms with Crippen LogP contribution in [0.25, 0.3) is 22.0 Å². The Bertz CT molecular complexity index is 1660. The molecule has 4 aromatic rings. The van der Waals surface area contributed by atoms with Crippen LogP contribution >= 0.6 is 15.9 Å². The molecule has 3 N–H and O–H groups in total. The molecule has 3 aromatic heterocycles. The molecule has 5 rings (SSSR count). The molecular formula is C26H22BrFN8O4. The van der Waals surface area contributed by atoms with Crippen molar-refractivity contribution in [2.45, 2.75) is 32.1 Å². The fraction of sp³-hybridized carbons (Fsp3) is 0.231. The first-order chi connectivity index (χ1) is 19.1. The van der Waals surface area contributed by atoms with E-state index in [1.165, 1.54) is 28.9 Å². The van der Waals surface area contributed by atoms with Gasteiger partial charge in [-0.3, -0.25) is 23.9 Å². The Hall–Kier alpha value is -4.59. The highest BCUT2D eigenvalue weighted by atomic mass is 79.9. The molecule has 0 saturated carbocycles. The molecule has 40 heavy (non-hydrogen) atoms. The number of carbonyl (C=O) groups excluding carboxylic acids is 4. The van der Waals surface area contributed by atoms with Crippen molar-refractivity contribution in [1.82, 2.24) is 29.6 Å². The lowest BCUT2D eigenvalue weighted by atomic mass is 10.0. The highest BCUT2D eigenvalue weighted by Gasteiger charge is 2.40. The number of likely N-dealkylation sites (tertiary alicyclic amines) is 1. The van der Waals surface area contributed by atoms with Crippen molar-refractivity contribution in [3.8, 4) is 11.1 Å². The summed E-state index contributed by atoms with van der Waals surface area (Å²) in [5, 5.41) is 7.47. The van der Waals surface area contributed by atoms with Crippen LogP contribution in [-0.2, 0) is 16.1 Å². The van der Waals surface area contributed by atoms with Gasteiger partial charge in [-0.05, 0) is 45.8 Å². The summed E-state index contributed by atoms with van der Waals surface area (Å²) in [5.74, 6) is -2.02. The fourth-order valence-corrected chi connectivity index (χ4v) is 4.90. The number of hydrogen-bond acceptors (Lipinski definition) is 8. The lowest BCUT2D eigenvalue weighted by Gasteiger charge is -2.23. The lowest BCUT2D eigenvalue weighted by molar-refractivity contribution is -0.137. The maximum absolute atomic E-state index is 14.4. The Morgan fingerprint density at radius 3 is 2.55 bits per heavy atom. The summed E-state index contributed by atoms with van der Waals surface area (Å²) in [5.41, 5.74) is 7.05. The van der Waals surface area contributed by atoms with Gasteiger partial charge in [0.2, 0.25) is 17.6 Å². The van der Waals surface area contributed by atoms with Crippen molar-refractivity contribution >= 4 is 56.2 Å². The van der Waals surface area contributed by atoms with Gasteiger partial charge in [0.05, 0.1) is 12.1 Å². The van der Waals surface area contributed by atoms with Gasteiger partial charge in [0.15, 0.2) is 5.78 Å². The van der Waals surface area contributed by atoms with Crippen LogP contribution in [0.2, 0.25) is 0 Å². The first-order valence-electron chi connectivity index (χ1n) is 12.1. The van der Waals surface area contributed by atoms with Gasteiger partial charge in [-0.2, -0.15) is 5.10 Å². The third-order valence-corrected chi connectivity index (χ3v) is 6.86. The van der Waals surface area contributed by atoms with Crippen molar-refractivity contribution in [3.05, 3.63) is 64.9 Å². The minimum absolute atomic E-state index is 0.127. The van der Waals surface area contributed by atoms with E-state index in [-0.39, 0.29) is 42.6 Å². The molecule has 0 aliphatic carbocycles. The van der Waals surface area contributed by atoms with Crippen LogP contribution in [-0.4, -0.2) is 71.9 Å². The molecule has 12 nitrogen and oxygen atoms in total. The average Bonchev–Trinajstić information content (AvgIpc) is 3.49. The SMILES string of the molecule is CC(=O)c1nn(CC(=O)N2C[C@H](F)C[C@H]2C(=O)Nc2cccc(Br)n2)c2ccc(-c3cnc(C(N)=O)nc3)cc12. The second-order valence-corrected chi connectivity index (χ2v) is 10.00. The van der Waals surface area contributed by atoms with Crippen molar-refractivity contribution < 1.29 is 23.6 Å². The number of nitrogens with one attached hydrogen (secondary N) is 1. The lowest BCUT2D eigenvalue weighted by Crippen LogP contribution is -2.44. The normalized spacial score (nSPS) is 16.7. The maximum Gasteiger partial charge on any atom is 0.286 e. The standard InChI is InChI=1S/C26H22BrFN8O4/c1-13(37)23-17-7-14(15-9-30-25(24(29)39)31-10-15)5-6-18(17)36(34-23)12-22(38)35-11-16(28)8-19(35)26(40)33-21-4-2-3-20(27)32-21/h2-7,9-10,16,19H,8,11-12H2,1H3,(H2,29,39)(H,32,33,40)/t16-,19+/m1/s1. The number of ketones is 1. The molecular weight excluding hydrogens is 587 g/mol. The highest BCUT2D eigenvalue weighted by Crippen LogP contribution is 2.28. The van der Waals surface area contributed by atoms with Crippen LogP contribution in [0.15, 0.2) is 53.4 Å². The number of amides is 3. The molecule has 1 fully saturated rings. The van der Waals surface area contributed by atoms with Crippen molar-refractivity contribution in [2.75, 3.05) is 11.9 Å². The van der Waals surface area contributed by atoms with Gasteiger partial charge in [-0.15, -0.1) is 0 Å². The van der Waals surface area contributed by atoms with E-state index in [1.807, 2.05) is 0 Å². The molecule has 4 heterocycles. The zero-order valence-electron chi connectivity index (χ0n) is 21.0. The number of carbonyl (C=O) groups is 4. The number of alkyl halides is 1. The summed E-state index contributed by atoms with van der Waals surface area (Å²) in [4.78, 5) is 63.2. The van der Waals surface area contributed by atoms with Crippen LogP contribution in [0.4, 0.5) is 10.2 Å². The van der Waals surface area contributed by atoms with Crippen LogP contribution in [0.5, 0.6) is 0 Å². The summed E-state index contributed by atoms with van der Waals surface area (Å²) in [6, 6.07) is 9.05. The molecule has 1 saturated heterocycles. The number of halogens is 2. The topological polar surface area (TPSA) is 166 Å².